The summed E-state index contributed by atoms with van der Waals surface area (Å²) in [6.45, 7) is 2.52. The van der Waals surface area contributed by atoms with Crippen molar-refractivity contribution in [1.29, 1.82) is 5.26 Å². The molecule has 0 spiro atoms. The third-order valence-corrected chi connectivity index (χ3v) is 3.48. The molecule has 0 unspecified atom stereocenters. The highest BCUT2D eigenvalue weighted by Gasteiger charge is 2.08. The minimum atomic E-state index is -0.225. The first-order valence-corrected chi connectivity index (χ1v) is 6.32. The van der Waals surface area contributed by atoms with Crippen LogP contribution in [0.15, 0.2) is 24.3 Å². The van der Waals surface area contributed by atoms with E-state index in [9.17, 15) is 4.39 Å². The molecule has 0 fully saturated rings. The van der Waals surface area contributed by atoms with Crippen LogP contribution < -0.4 is 5.32 Å². The maximum Gasteiger partial charge on any atom is 0.127 e. The molecular formula is C13H12FN3S. The first-order chi connectivity index (χ1) is 8.70. The van der Waals surface area contributed by atoms with Crippen molar-refractivity contribution in [3.63, 3.8) is 0 Å². The van der Waals surface area contributed by atoms with Crippen molar-refractivity contribution in [2.45, 2.75) is 13.3 Å². The Morgan fingerprint density at radius 2 is 2.11 bits per heavy atom. The molecule has 0 amide bonds. The number of hydrogen-bond donors (Lipinski definition) is 1. The van der Waals surface area contributed by atoms with E-state index in [4.69, 9.17) is 5.26 Å². The quantitative estimate of drug-likeness (QED) is 0.920. The molecule has 92 valence electrons. The van der Waals surface area contributed by atoms with Gasteiger partial charge in [-0.2, -0.15) is 9.64 Å². The number of rotatable bonds is 4. The van der Waals surface area contributed by atoms with Gasteiger partial charge in [0.15, 0.2) is 0 Å². The second kappa shape index (κ2) is 5.61. The van der Waals surface area contributed by atoms with E-state index < -0.39 is 0 Å². The molecule has 5 heteroatoms. The summed E-state index contributed by atoms with van der Waals surface area (Å²) in [6.07, 6.45) is 0.780. The van der Waals surface area contributed by atoms with E-state index in [1.165, 1.54) is 23.7 Å². The van der Waals surface area contributed by atoms with Gasteiger partial charge < -0.3 is 5.32 Å². The van der Waals surface area contributed by atoms with Crippen molar-refractivity contribution in [2.24, 2.45) is 0 Å². The summed E-state index contributed by atoms with van der Waals surface area (Å²) >= 11 is 1.29. The van der Waals surface area contributed by atoms with Gasteiger partial charge in [-0.3, -0.25) is 0 Å². The number of nitriles is 1. The molecule has 0 atom stereocenters. The monoisotopic (exact) mass is 261 g/mol. The number of aromatic nitrogens is 1. The lowest BCUT2D eigenvalue weighted by molar-refractivity contribution is 0.627. The second-order valence-corrected chi connectivity index (χ2v) is 4.66. The zero-order valence-electron chi connectivity index (χ0n) is 9.90. The molecule has 1 aromatic heterocycles. The number of nitrogens with zero attached hydrogens (tertiary/aromatic N) is 2. The average Bonchev–Trinajstić information content (AvgIpc) is 2.72. The molecule has 18 heavy (non-hydrogen) atoms. The Labute approximate surface area is 109 Å². The Morgan fingerprint density at radius 1 is 1.39 bits per heavy atom. The SMILES string of the molecule is Cc1nsc(NCCc2ccc(F)cc2)c1C#N. The van der Waals surface area contributed by atoms with Crippen LogP contribution in [0.25, 0.3) is 0 Å². The van der Waals surface area contributed by atoms with E-state index in [0.29, 0.717) is 12.1 Å². The van der Waals surface area contributed by atoms with Gasteiger partial charge in [0.2, 0.25) is 0 Å². The van der Waals surface area contributed by atoms with Gasteiger partial charge in [0.1, 0.15) is 22.5 Å². The molecule has 0 radical (unpaired) electrons. The molecule has 0 bridgehead atoms. The number of anilines is 1. The van der Waals surface area contributed by atoms with Crippen LogP contribution in [0.5, 0.6) is 0 Å². The van der Waals surface area contributed by atoms with Crippen molar-refractivity contribution >= 4 is 16.5 Å². The summed E-state index contributed by atoms with van der Waals surface area (Å²) in [5, 5.41) is 13.0. The standard InChI is InChI=1S/C13H12FN3S/c1-9-12(8-15)13(18-17-9)16-7-6-10-2-4-11(14)5-3-10/h2-5,16H,6-7H2,1H3. The molecule has 0 aliphatic heterocycles. The zero-order chi connectivity index (χ0) is 13.0. The van der Waals surface area contributed by atoms with Crippen LogP contribution in [0.2, 0.25) is 0 Å². The lowest BCUT2D eigenvalue weighted by atomic mass is 10.1. The van der Waals surface area contributed by atoms with Crippen LogP contribution in [0.4, 0.5) is 9.39 Å². The second-order valence-electron chi connectivity index (χ2n) is 3.89. The van der Waals surface area contributed by atoms with Crippen LogP contribution in [-0.2, 0) is 6.42 Å². The number of nitrogens with one attached hydrogen (secondary N) is 1. The van der Waals surface area contributed by atoms with Crippen LogP contribution in [0.3, 0.4) is 0 Å². The topological polar surface area (TPSA) is 48.7 Å². The molecular weight excluding hydrogens is 249 g/mol. The smallest absolute Gasteiger partial charge is 0.127 e. The van der Waals surface area contributed by atoms with Crippen LogP contribution in [0, 0.1) is 24.1 Å². The fourth-order valence-electron chi connectivity index (χ4n) is 1.59. The maximum absolute atomic E-state index is 12.7. The molecule has 0 saturated heterocycles. The minimum Gasteiger partial charge on any atom is -0.374 e. The highest BCUT2D eigenvalue weighted by Crippen LogP contribution is 2.23. The number of hydrogen-bond acceptors (Lipinski definition) is 4. The summed E-state index contributed by atoms with van der Waals surface area (Å²) in [5.41, 5.74) is 2.43. The van der Waals surface area contributed by atoms with Crippen molar-refractivity contribution in [1.82, 2.24) is 4.37 Å². The van der Waals surface area contributed by atoms with Gasteiger partial charge in [-0.1, -0.05) is 12.1 Å². The summed E-state index contributed by atoms with van der Waals surface area (Å²) in [6, 6.07) is 8.57. The molecule has 0 aliphatic carbocycles. The fraction of sp³-hybridized carbons (Fsp3) is 0.231. The van der Waals surface area contributed by atoms with Gasteiger partial charge in [-0.05, 0) is 42.6 Å². The van der Waals surface area contributed by atoms with Crippen molar-refractivity contribution in [3.8, 4) is 6.07 Å². The molecule has 0 saturated carbocycles. The van der Waals surface area contributed by atoms with Gasteiger partial charge in [-0.25, -0.2) is 4.39 Å². The van der Waals surface area contributed by atoms with Gasteiger partial charge in [0.05, 0.1) is 5.69 Å². The van der Waals surface area contributed by atoms with E-state index in [0.717, 1.165) is 22.7 Å². The van der Waals surface area contributed by atoms with E-state index in [2.05, 4.69) is 15.8 Å². The van der Waals surface area contributed by atoms with Gasteiger partial charge >= 0.3 is 0 Å². The predicted molar refractivity (Wildman–Crippen MR) is 70.2 cm³/mol. The zero-order valence-corrected chi connectivity index (χ0v) is 10.7. The lowest BCUT2D eigenvalue weighted by Crippen LogP contribution is -2.04. The minimum absolute atomic E-state index is 0.225. The Balaban J connectivity index is 1.93. The average molecular weight is 261 g/mol. The van der Waals surface area contributed by atoms with Crippen molar-refractivity contribution in [3.05, 3.63) is 46.9 Å². The van der Waals surface area contributed by atoms with Crippen molar-refractivity contribution < 1.29 is 4.39 Å². The van der Waals surface area contributed by atoms with Crippen LogP contribution >= 0.6 is 11.5 Å². The summed E-state index contributed by atoms with van der Waals surface area (Å²) in [4.78, 5) is 0. The van der Waals surface area contributed by atoms with Crippen molar-refractivity contribution in [2.75, 3.05) is 11.9 Å². The first-order valence-electron chi connectivity index (χ1n) is 5.55. The third kappa shape index (κ3) is 2.84. The van der Waals surface area contributed by atoms with Gasteiger partial charge in [0.25, 0.3) is 0 Å². The van der Waals surface area contributed by atoms with E-state index in [1.807, 2.05) is 6.92 Å². The van der Waals surface area contributed by atoms with Crippen LogP contribution in [-0.4, -0.2) is 10.9 Å². The molecule has 3 nitrogen and oxygen atoms in total. The van der Waals surface area contributed by atoms with Gasteiger partial charge in [0, 0.05) is 6.54 Å². The van der Waals surface area contributed by atoms with Crippen LogP contribution in [0.1, 0.15) is 16.8 Å². The summed E-state index contributed by atoms with van der Waals surface area (Å²) in [7, 11) is 0. The molecule has 1 N–H and O–H groups in total. The highest BCUT2D eigenvalue weighted by atomic mass is 32.1. The first kappa shape index (κ1) is 12.5. The van der Waals surface area contributed by atoms with E-state index in [1.54, 1.807) is 12.1 Å². The largest absolute Gasteiger partial charge is 0.374 e. The Bertz CT molecular complexity index is 569. The molecule has 1 aromatic carbocycles. The normalized spacial score (nSPS) is 10.1. The van der Waals surface area contributed by atoms with Gasteiger partial charge in [-0.15, -0.1) is 0 Å². The van der Waals surface area contributed by atoms with E-state index >= 15 is 0 Å². The molecule has 2 rings (SSSR count). The third-order valence-electron chi connectivity index (χ3n) is 2.59. The number of halogens is 1. The number of aryl methyl sites for hydroxylation is 1. The molecule has 2 aromatic rings. The Hall–Kier alpha value is -1.93. The number of benzene rings is 1. The Morgan fingerprint density at radius 3 is 2.78 bits per heavy atom. The predicted octanol–water partition coefficient (Wildman–Crippen LogP) is 3.12. The maximum atomic E-state index is 12.7. The summed E-state index contributed by atoms with van der Waals surface area (Å²) < 4.78 is 16.8. The Kier molecular flexibility index (Phi) is 3.90. The molecule has 1 heterocycles. The lowest BCUT2D eigenvalue weighted by Gasteiger charge is -2.04. The highest BCUT2D eigenvalue weighted by molar-refractivity contribution is 7.10. The van der Waals surface area contributed by atoms with E-state index in [-0.39, 0.29) is 5.82 Å². The summed E-state index contributed by atoms with van der Waals surface area (Å²) in [5.74, 6) is -0.225. The molecule has 0 aliphatic rings. The fourth-order valence-corrected chi connectivity index (χ4v) is 2.36.